The van der Waals surface area contributed by atoms with E-state index in [4.69, 9.17) is 0 Å². The van der Waals surface area contributed by atoms with E-state index < -0.39 is 6.04 Å². The van der Waals surface area contributed by atoms with Crippen LogP contribution in [0.3, 0.4) is 0 Å². The normalized spacial score (nSPS) is 11.8. The van der Waals surface area contributed by atoms with Crippen molar-refractivity contribution in [3.63, 3.8) is 0 Å². The highest BCUT2D eigenvalue weighted by Gasteiger charge is 2.21. The van der Waals surface area contributed by atoms with E-state index in [9.17, 15) is 4.79 Å². The van der Waals surface area contributed by atoms with Gasteiger partial charge in [-0.3, -0.25) is 4.79 Å². The molecule has 1 unspecified atom stereocenters. The van der Waals surface area contributed by atoms with E-state index in [0.717, 1.165) is 18.4 Å². The molecule has 0 saturated carbocycles. The van der Waals surface area contributed by atoms with Crippen molar-refractivity contribution in [2.75, 3.05) is 6.54 Å². The molecule has 1 amide bonds. The Labute approximate surface area is 146 Å². The van der Waals surface area contributed by atoms with Gasteiger partial charge in [-0.15, -0.1) is 5.10 Å². The molecular weight excluding hydrogens is 314 g/mol. The Hall–Kier alpha value is -3.02. The number of carbonyl (C=O) groups is 1. The minimum absolute atomic E-state index is 0.0655. The zero-order valence-electron chi connectivity index (χ0n) is 14.0. The summed E-state index contributed by atoms with van der Waals surface area (Å²) in [5.41, 5.74) is 2.35. The van der Waals surface area contributed by atoms with Gasteiger partial charge in [0, 0.05) is 13.0 Å². The first-order valence-electron chi connectivity index (χ1n) is 8.41. The van der Waals surface area contributed by atoms with Gasteiger partial charge in [0.2, 0.25) is 5.91 Å². The van der Waals surface area contributed by atoms with Crippen LogP contribution < -0.4 is 5.32 Å². The SMILES string of the molecule is O=C(NCCCc1ccccc1)C(Cc1ccccc1)n1cnnn1. The van der Waals surface area contributed by atoms with Crippen LogP contribution in [0.2, 0.25) is 0 Å². The number of carbonyl (C=O) groups excluding carboxylic acids is 1. The lowest BCUT2D eigenvalue weighted by molar-refractivity contribution is -0.124. The molecule has 0 aliphatic heterocycles. The molecule has 6 heteroatoms. The van der Waals surface area contributed by atoms with Crippen LogP contribution in [0.25, 0.3) is 0 Å². The molecule has 0 radical (unpaired) electrons. The zero-order valence-corrected chi connectivity index (χ0v) is 14.0. The van der Waals surface area contributed by atoms with Gasteiger partial charge in [-0.1, -0.05) is 60.7 Å². The van der Waals surface area contributed by atoms with E-state index in [1.807, 2.05) is 48.5 Å². The number of benzene rings is 2. The molecule has 1 heterocycles. The molecule has 25 heavy (non-hydrogen) atoms. The summed E-state index contributed by atoms with van der Waals surface area (Å²) in [6, 6.07) is 19.7. The number of nitrogens with zero attached hydrogens (tertiary/aromatic N) is 4. The average Bonchev–Trinajstić information content (AvgIpc) is 3.19. The number of nitrogens with one attached hydrogen (secondary N) is 1. The quantitative estimate of drug-likeness (QED) is 0.641. The molecular formula is C19H21N5O. The smallest absolute Gasteiger partial charge is 0.245 e. The Kier molecular flexibility index (Phi) is 5.87. The van der Waals surface area contributed by atoms with Crippen molar-refractivity contribution in [1.29, 1.82) is 0 Å². The van der Waals surface area contributed by atoms with Crippen LogP contribution in [0.1, 0.15) is 23.6 Å². The fraction of sp³-hybridized carbons (Fsp3) is 0.263. The summed E-state index contributed by atoms with van der Waals surface area (Å²) in [5, 5.41) is 14.2. The van der Waals surface area contributed by atoms with Gasteiger partial charge in [-0.25, -0.2) is 4.68 Å². The molecule has 2 aromatic carbocycles. The highest BCUT2D eigenvalue weighted by atomic mass is 16.2. The predicted octanol–water partition coefficient (Wildman–Crippen LogP) is 2.21. The Morgan fingerprint density at radius 3 is 2.32 bits per heavy atom. The molecule has 1 aromatic heterocycles. The summed E-state index contributed by atoms with van der Waals surface area (Å²) in [4.78, 5) is 12.6. The zero-order chi connectivity index (χ0) is 17.3. The second-order valence-corrected chi connectivity index (χ2v) is 5.88. The first-order chi connectivity index (χ1) is 12.3. The van der Waals surface area contributed by atoms with Gasteiger partial charge in [0.15, 0.2) is 0 Å². The number of tetrazole rings is 1. The number of aryl methyl sites for hydroxylation is 1. The monoisotopic (exact) mass is 335 g/mol. The number of amides is 1. The number of hydrogen-bond acceptors (Lipinski definition) is 4. The Morgan fingerprint density at radius 2 is 1.68 bits per heavy atom. The van der Waals surface area contributed by atoms with E-state index in [1.54, 1.807) is 0 Å². The third-order valence-corrected chi connectivity index (χ3v) is 4.04. The third kappa shape index (κ3) is 4.97. The van der Waals surface area contributed by atoms with E-state index in [2.05, 4.69) is 33.0 Å². The number of hydrogen-bond donors (Lipinski definition) is 1. The summed E-state index contributed by atoms with van der Waals surface area (Å²) < 4.78 is 1.51. The van der Waals surface area contributed by atoms with E-state index in [-0.39, 0.29) is 5.91 Å². The summed E-state index contributed by atoms with van der Waals surface area (Å²) in [6.45, 7) is 0.626. The van der Waals surface area contributed by atoms with Crippen LogP contribution in [0.5, 0.6) is 0 Å². The molecule has 3 rings (SSSR count). The number of aromatic nitrogens is 4. The first kappa shape index (κ1) is 16.8. The van der Waals surface area contributed by atoms with Crippen LogP contribution in [-0.2, 0) is 17.6 Å². The Balaban J connectivity index is 1.56. The van der Waals surface area contributed by atoms with Crippen molar-refractivity contribution in [3.05, 3.63) is 78.1 Å². The van der Waals surface area contributed by atoms with Gasteiger partial charge >= 0.3 is 0 Å². The van der Waals surface area contributed by atoms with Crippen molar-refractivity contribution in [2.45, 2.75) is 25.3 Å². The van der Waals surface area contributed by atoms with Crippen molar-refractivity contribution in [1.82, 2.24) is 25.5 Å². The maximum Gasteiger partial charge on any atom is 0.245 e. The van der Waals surface area contributed by atoms with Crippen molar-refractivity contribution in [2.24, 2.45) is 0 Å². The van der Waals surface area contributed by atoms with Crippen LogP contribution in [0.15, 0.2) is 67.0 Å². The third-order valence-electron chi connectivity index (χ3n) is 4.04. The lowest BCUT2D eigenvalue weighted by Gasteiger charge is -2.16. The van der Waals surface area contributed by atoms with Gasteiger partial charge in [0.05, 0.1) is 0 Å². The average molecular weight is 335 g/mol. The second kappa shape index (κ2) is 8.73. The van der Waals surface area contributed by atoms with Crippen molar-refractivity contribution >= 4 is 5.91 Å². The Bertz CT molecular complexity index is 759. The minimum atomic E-state index is -0.450. The first-order valence-corrected chi connectivity index (χ1v) is 8.41. The van der Waals surface area contributed by atoms with Crippen LogP contribution in [-0.4, -0.2) is 32.7 Å². The molecule has 128 valence electrons. The van der Waals surface area contributed by atoms with Crippen LogP contribution in [0, 0.1) is 0 Å². The standard InChI is InChI=1S/C19H21N5O/c25-19(20-13-7-12-16-8-3-1-4-9-16)18(24-15-21-22-23-24)14-17-10-5-2-6-11-17/h1-6,8-11,15,18H,7,12-14H2,(H,20,25). The lowest BCUT2D eigenvalue weighted by atomic mass is 10.1. The topological polar surface area (TPSA) is 72.7 Å². The number of rotatable bonds is 8. The molecule has 6 nitrogen and oxygen atoms in total. The molecule has 1 atom stereocenters. The van der Waals surface area contributed by atoms with Crippen molar-refractivity contribution < 1.29 is 4.79 Å². The maximum atomic E-state index is 12.6. The predicted molar refractivity (Wildman–Crippen MR) is 94.8 cm³/mol. The minimum Gasteiger partial charge on any atom is -0.354 e. The van der Waals surface area contributed by atoms with Crippen LogP contribution >= 0.6 is 0 Å². The fourth-order valence-electron chi connectivity index (χ4n) is 2.72. The van der Waals surface area contributed by atoms with E-state index in [1.165, 1.54) is 16.6 Å². The highest BCUT2D eigenvalue weighted by molar-refractivity contribution is 5.80. The highest BCUT2D eigenvalue weighted by Crippen LogP contribution is 2.13. The molecule has 0 aliphatic carbocycles. The molecule has 1 N–H and O–H groups in total. The van der Waals surface area contributed by atoms with E-state index in [0.29, 0.717) is 13.0 Å². The maximum absolute atomic E-state index is 12.6. The van der Waals surface area contributed by atoms with Gasteiger partial charge in [-0.2, -0.15) is 0 Å². The molecule has 0 bridgehead atoms. The van der Waals surface area contributed by atoms with Gasteiger partial charge in [0.1, 0.15) is 12.4 Å². The largest absolute Gasteiger partial charge is 0.354 e. The second-order valence-electron chi connectivity index (χ2n) is 5.88. The van der Waals surface area contributed by atoms with Gasteiger partial charge in [0.25, 0.3) is 0 Å². The lowest BCUT2D eigenvalue weighted by Crippen LogP contribution is -2.35. The summed E-state index contributed by atoms with van der Waals surface area (Å²) >= 11 is 0. The molecule has 3 aromatic rings. The van der Waals surface area contributed by atoms with Crippen molar-refractivity contribution in [3.8, 4) is 0 Å². The van der Waals surface area contributed by atoms with E-state index >= 15 is 0 Å². The van der Waals surface area contributed by atoms with Gasteiger partial charge < -0.3 is 5.32 Å². The fourth-order valence-corrected chi connectivity index (χ4v) is 2.72. The Morgan fingerprint density at radius 1 is 1.00 bits per heavy atom. The summed E-state index contributed by atoms with van der Waals surface area (Å²) in [5.74, 6) is -0.0655. The summed E-state index contributed by atoms with van der Waals surface area (Å²) in [7, 11) is 0. The molecule has 0 fully saturated rings. The molecule has 0 saturated heterocycles. The van der Waals surface area contributed by atoms with Crippen LogP contribution in [0.4, 0.5) is 0 Å². The van der Waals surface area contributed by atoms with Gasteiger partial charge in [-0.05, 0) is 34.4 Å². The molecule has 0 spiro atoms. The molecule has 0 aliphatic rings. The summed E-state index contributed by atoms with van der Waals surface area (Å²) in [6.07, 6.45) is 3.87.